The molecule has 4 heteroatoms. The normalized spacial score (nSPS) is 20.7. The van der Waals surface area contributed by atoms with Crippen LogP contribution in [0.25, 0.3) is 0 Å². The summed E-state index contributed by atoms with van der Waals surface area (Å²) in [6, 6.07) is 4.49. The Labute approximate surface area is 161 Å². The minimum absolute atomic E-state index is 0.0513. The predicted molar refractivity (Wildman–Crippen MR) is 114 cm³/mol. The van der Waals surface area contributed by atoms with Gasteiger partial charge in [-0.15, -0.1) is 11.3 Å². The Bertz CT molecular complexity index is 514. The highest BCUT2D eigenvalue weighted by molar-refractivity contribution is 14.1. The molecular weight excluding hydrogens is 431 g/mol. The molecular formula is C19H31IOSSi. The van der Waals surface area contributed by atoms with Crippen LogP contribution in [0.2, 0.25) is 13.1 Å². The molecule has 0 aromatic carbocycles. The molecule has 0 N–H and O–H groups in total. The molecule has 1 saturated carbocycles. The van der Waals surface area contributed by atoms with Crippen molar-refractivity contribution >= 4 is 43.0 Å². The monoisotopic (exact) mass is 462 g/mol. The maximum Gasteiger partial charge on any atom is 0.171 e. The van der Waals surface area contributed by atoms with E-state index in [1.807, 2.05) is 11.3 Å². The molecule has 1 nitrogen and oxygen atoms in total. The van der Waals surface area contributed by atoms with Gasteiger partial charge in [0.25, 0.3) is 0 Å². The average molecular weight is 463 g/mol. The van der Waals surface area contributed by atoms with E-state index in [9.17, 15) is 0 Å². The molecule has 2 rings (SSSR count). The SMILES string of the molecule is C[SiH](C)OC(CC=CI)(C(C)(C)C)C1(Cc2cccs2)CCC1. The zero-order chi connectivity index (χ0) is 17.1. The fraction of sp³-hybridized carbons (Fsp3) is 0.684. The second-order valence-corrected chi connectivity index (χ2v) is 12.3. The molecule has 0 saturated heterocycles. The van der Waals surface area contributed by atoms with Crippen molar-refractivity contribution in [2.75, 3.05) is 0 Å². The number of halogens is 1. The number of rotatable bonds is 7. The smallest absolute Gasteiger partial charge is 0.171 e. The van der Waals surface area contributed by atoms with Gasteiger partial charge in [0.1, 0.15) is 0 Å². The van der Waals surface area contributed by atoms with Crippen molar-refractivity contribution in [1.29, 1.82) is 0 Å². The van der Waals surface area contributed by atoms with Gasteiger partial charge in [-0.3, -0.25) is 0 Å². The van der Waals surface area contributed by atoms with E-state index >= 15 is 0 Å². The first kappa shape index (κ1) is 19.7. The van der Waals surface area contributed by atoms with Crippen molar-refractivity contribution in [3.63, 3.8) is 0 Å². The Morgan fingerprint density at radius 3 is 2.43 bits per heavy atom. The lowest BCUT2D eigenvalue weighted by Gasteiger charge is -2.62. The van der Waals surface area contributed by atoms with Crippen molar-refractivity contribution in [1.82, 2.24) is 0 Å². The van der Waals surface area contributed by atoms with Crippen LogP contribution in [0.4, 0.5) is 0 Å². The quantitative estimate of drug-likeness (QED) is 0.328. The lowest BCUT2D eigenvalue weighted by molar-refractivity contribution is -0.171. The predicted octanol–water partition coefficient (Wildman–Crippen LogP) is 6.58. The van der Waals surface area contributed by atoms with E-state index in [2.05, 4.69) is 84.1 Å². The summed E-state index contributed by atoms with van der Waals surface area (Å²) in [5.41, 5.74) is 0.381. The highest BCUT2D eigenvalue weighted by Crippen LogP contribution is 2.61. The first-order valence-corrected chi connectivity index (χ1v) is 13.6. The first-order chi connectivity index (χ1) is 10.8. The van der Waals surface area contributed by atoms with Gasteiger partial charge in [-0.25, -0.2) is 0 Å². The van der Waals surface area contributed by atoms with Gasteiger partial charge in [0, 0.05) is 10.3 Å². The van der Waals surface area contributed by atoms with Crippen molar-refractivity contribution in [3.8, 4) is 0 Å². The summed E-state index contributed by atoms with van der Waals surface area (Å²) in [5.74, 6) is 0. The van der Waals surface area contributed by atoms with Gasteiger partial charge in [0.15, 0.2) is 9.04 Å². The standard InChI is InChI=1S/C19H31IOSSi/c1-17(2,3)19(12-8-13-20,21-23(4)5)18(10-7-11-18)15-16-9-6-14-22-16/h6,8-9,13-14,23H,7,10-12,15H2,1-5H3. The van der Waals surface area contributed by atoms with Crippen LogP contribution >= 0.6 is 33.9 Å². The molecule has 0 amide bonds. The summed E-state index contributed by atoms with van der Waals surface area (Å²) < 4.78 is 9.12. The van der Waals surface area contributed by atoms with Crippen LogP contribution in [0, 0.1) is 10.8 Å². The second kappa shape index (κ2) is 7.71. The van der Waals surface area contributed by atoms with E-state index in [-0.39, 0.29) is 11.0 Å². The lowest BCUT2D eigenvalue weighted by Crippen LogP contribution is -2.63. The van der Waals surface area contributed by atoms with Gasteiger partial charge in [-0.2, -0.15) is 0 Å². The molecule has 1 aliphatic rings. The van der Waals surface area contributed by atoms with Gasteiger partial charge in [0.2, 0.25) is 0 Å². The molecule has 1 aromatic rings. The maximum absolute atomic E-state index is 6.95. The average Bonchev–Trinajstić information content (AvgIpc) is 2.90. The van der Waals surface area contributed by atoms with Crippen LogP contribution in [-0.4, -0.2) is 14.6 Å². The van der Waals surface area contributed by atoms with Crippen LogP contribution in [0.1, 0.15) is 51.3 Å². The fourth-order valence-corrected chi connectivity index (χ4v) is 6.96. The molecule has 0 bridgehead atoms. The largest absolute Gasteiger partial charge is 0.414 e. The van der Waals surface area contributed by atoms with Gasteiger partial charge < -0.3 is 4.43 Å². The molecule has 23 heavy (non-hydrogen) atoms. The number of thiophene rings is 1. The Hall–Kier alpha value is 0.347. The molecule has 1 aromatic heterocycles. The van der Waals surface area contributed by atoms with Crippen LogP contribution < -0.4 is 0 Å². The van der Waals surface area contributed by atoms with E-state index in [4.69, 9.17) is 4.43 Å². The minimum Gasteiger partial charge on any atom is -0.414 e. The Morgan fingerprint density at radius 1 is 1.35 bits per heavy atom. The molecule has 1 atom stereocenters. The van der Waals surface area contributed by atoms with E-state index in [0.29, 0.717) is 5.41 Å². The summed E-state index contributed by atoms with van der Waals surface area (Å²) in [7, 11) is -1.14. The Morgan fingerprint density at radius 2 is 2.04 bits per heavy atom. The van der Waals surface area contributed by atoms with Gasteiger partial charge in [-0.1, -0.05) is 61.9 Å². The van der Waals surface area contributed by atoms with Crippen LogP contribution in [0.5, 0.6) is 0 Å². The molecule has 1 aliphatic carbocycles. The fourth-order valence-electron chi connectivity index (χ4n) is 4.35. The van der Waals surface area contributed by atoms with Gasteiger partial charge in [0.05, 0.1) is 5.60 Å². The second-order valence-electron chi connectivity index (χ2n) is 8.20. The molecule has 1 fully saturated rings. The van der Waals surface area contributed by atoms with E-state index < -0.39 is 9.04 Å². The van der Waals surface area contributed by atoms with E-state index in [1.165, 1.54) is 30.6 Å². The van der Waals surface area contributed by atoms with Gasteiger partial charge in [-0.05, 0) is 59.7 Å². The minimum atomic E-state index is -1.14. The van der Waals surface area contributed by atoms with Crippen LogP contribution in [0.3, 0.4) is 0 Å². The molecule has 0 radical (unpaired) electrons. The number of hydrogen-bond acceptors (Lipinski definition) is 2. The topological polar surface area (TPSA) is 9.23 Å². The van der Waals surface area contributed by atoms with E-state index in [1.54, 1.807) is 0 Å². The first-order valence-electron chi connectivity index (χ1n) is 8.72. The third kappa shape index (κ3) is 3.96. The lowest BCUT2D eigenvalue weighted by atomic mass is 9.49. The zero-order valence-corrected chi connectivity index (χ0v) is 19.3. The number of hydrogen-bond donors (Lipinski definition) is 0. The summed E-state index contributed by atoms with van der Waals surface area (Å²) in [6.07, 6.45) is 8.50. The van der Waals surface area contributed by atoms with Crippen molar-refractivity contribution in [3.05, 3.63) is 32.5 Å². The van der Waals surface area contributed by atoms with Crippen molar-refractivity contribution in [2.45, 2.75) is 71.6 Å². The molecule has 0 spiro atoms. The summed E-state index contributed by atoms with van der Waals surface area (Å²) >= 11 is 4.25. The third-order valence-corrected chi connectivity index (χ3v) is 7.66. The van der Waals surface area contributed by atoms with E-state index in [0.717, 1.165) is 6.42 Å². The Kier molecular flexibility index (Phi) is 6.59. The summed E-state index contributed by atoms with van der Waals surface area (Å²) in [6.45, 7) is 11.8. The Balaban J connectivity index is 2.47. The third-order valence-electron chi connectivity index (χ3n) is 5.40. The highest BCUT2D eigenvalue weighted by atomic mass is 127. The molecule has 1 unspecified atom stereocenters. The maximum atomic E-state index is 6.95. The molecule has 0 aliphatic heterocycles. The highest BCUT2D eigenvalue weighted by Gasteiger charge is 2.60. The summed E-state index contributed by atoms with van der Waals surface area (Å²) in [4.78, 5) is 1.52. The molecule has 1 heterocycles. The van der Waals surface area contributed by atoms with Crippen molar-refractivity contribution < 1.29 is 4.43 Å². The van der Waals surface area contributed by atoms with Crippen LogP contribution in [0.15, 0.2) is 27.7 Å². The molecule has 130 valence electrons. The summed E-state index contributed by atoms with van der Waals surface area (Å²) in [5, 5.41) is 2.21. The van der Waals surface area contributed by atoms with Crippen LogP contribution in [-0.2, 0) is 10.8 Å². The van der Waals surface area contributed by atoms with Crippen molar-refractivity contribution in [2.24, 2.45) is 10.8 Å². The zero-order valence-electron chi connectivity index (χ0n) is 15.2. The van der Waals surface area contributed by atoms with Gasteiger partial charge >= 0.3 is 0 Å².